The number of amides is 1. The molecule has 0 bridgehead atoms. The Morgan fingerprint density at radius 2 is 2.05 bits per heavy atom. The summed E-state index contributed by atoms with van der Waals surface area (Å²) < 4.78 is 0. The van der Waals surface area contributed by atoms with E-state index in [-0.39, 0.29) is 5.91 Å². The van der Waals surface area contributed by atoms with Crippen LogP contribution in [0, 0.1) is 6.92 Å². The molecule has 0 aliphatic carbocycles. The van der Waals surface area contributed by atoms with Crippen LogP contribution in [0.1, 0.15) is 12.6 Å². The number of anilines is 2. The van der Waals surface area contributed by atoms with Crippen LogP contribution in [0.4, 0.5) is 11.5 Å². The van der Waals surface area contributed by atoms with E-state index in [9.17, 15) is 4.79 Å². The first kappa shape index (κ1) is 16.9. The Kier molecular flexibility index (Phi) is 5.50. The molecule has 8 heteroatoms. The highest BCUT2D eigenvalue weighted by atomic mass is 35.5. The molecule has 0 aliphatic rings. The number of carbonyl (C=O) groups is 1. The van der Waals surface area contributed by atoms with E-state index >= 15 is 0 Å². The topological polar surface area (TPSA) is 80.9 Å². The smallest absolute Gasteiger partial charge is 0.237 e. The van der Waals surface area contributed by atoms with E-state index in [2.05, 4.69) is 15.3 Å². The van der Waals surface area contributed by atoms with Gasteiger partial charge in [-0.1, -0.05) is 35.0 Å². The SMILES string of the molecule is Cc1cc(N)nc(SC(C)C(=O)Nc2ccc(Cl)cc2Cl)n1. The van der Waals surface area contributed by atoms with E-state index in [0.717, 1.165) is 5.69 Å². The number of rotatable bonds is 4. The van der Waals surface area contributed by atoms with Crippen LogP contribution in [0.2, 0.25) is 10.0 Å². The van der Waals surface area contributed by atoms with Gasteiger partial charge in [0, 0.05) is 16.8 Å². The molecule has 22 heavy (non-hydrogen) atoms. The molecule has 0 saturated carbocycles. The number of hydrogen-bond donors (Lipinski definition) is 2. The lowest BCUT2D eigenvalue weighted by Gasteiger charge is -2.12. The summed E-state index contributed by atoms with van der Waals surface area (Å²) in [5.41, 5.74) is 6.93. The fourth-order valence-electron chi connectivity index (χ4n) is 1.65. The molecule has 3 N–H and O–H groups in total. The average molecular weight is 357 g/mol. The summed E-state index contributed by atoms with van der Waals surface area (Å²) in [6, 6.07) is 6.55. The number of thioether (sulfide) groups is 1. The summed E-state index contributed by atoms with van der Waals surface area (Å²) in [7, 11) is 0. The fraction of sp³-hybridized carbons (Fsp3) is 0.214. The Morgan fingerprint density at radius 3 is 2.68 bits per heavy atom. The van der Waals surface area contributed by atoms with Gasteiger partial charge in [0.2, 0.25) is 5.91 Å². The molecule has 0 saturated heterocycles. The van der Waals surface area contributed by atoms with Gasteiger partial charge in [0.05, 0.1) is 16.0 Å². The molecule has 2 aromatic rings. The van der Waals surface area contributed by atoms with Crippen LogP contribution in [0.25, 0.3) is 0 Å². The molecule has 1 aromatic carbocycles. The second-order valence-corrected chi connectivity index (χ2v) is 6.74. The summed E-state index contributed by atoms with van der Waals surface area (Å²) in [4.78, 5) is 20.6. The summed E-state index contributed by atoms with van der Waals surface area (Å²) in [6.45, 7) is 3.58. The van der Waals surface area contributed by atoms with Crippen molar-refractivity contribution in [2.45, 2.75) is 24.3 Å². The van der Waals surface area contributed by atoms with Gasteiger partial charge >= 0.3 is 0 Å². The number of benzene rings is 1. The number of nitrogens with one attached hydrogen (secondary N) is 1. The highest BCUT2D eigenvalue weighted by Gasteiger charge is 2.17. The van der Waals surface area contributed by atoms with Crippen molar-refractivity contribution in [3.05, 3.63) is 40.0 Å². The molecular weight excluding hydrogens is 343 g/mol. The normalized spacial score (nSPS) is 12.0. The lowest BCUT2D eigenvalue weighted by Crippen LogP contribution is -2.23. The number of aromatic nitrogens is 2. The van der Waals surface area contributed by atoms with Gasteiger partial charge in [-0.2, -0.15) is 0 Å². The highest BCUT2D eigenvalue weighted by Crippen LogP contribution is 2.27. The van der Waals surface area contributed by atoms with Gasteiger partial charge in [-0.15, -0.1) is 0 Å². The molecule has 2 rings (SSSR count). The Labute approximate surface area is 142 Å². The Balaban J connectivity index is 2.05. The zero-order chi connectivity index (χ0) is 16.3. The zero-order valence-corrected chi connectivity index (χ0v) is 14.3. The summed E-state index contributed by atoms with van der Waals surface area (Å²) in [5.74, 6) is 0.168. The van der Waals surface area contributed by atoms with Gasteiger partial charge in [-0.05, 0) is 32.0 Å². The van der Waals surface area contributed by atoms with Gasteiger partial charge < -0.3 is 11.1 Å². The third-order valence-corrected chi connectivity index (χ3v) is 4.20. The van der Waals surface area contributed by atoms with E-state index in [4.69, 9.17) is 28.9 Å². The lowest BCUT2D eigenvalue weighted by molar-refractivity contribution is -0.115. The number of hydrogen-bond acceptors (Lipinski definition) is 5. The van der Waals surface area contributed by atoms with Crippen molar-refractivity contribution in [1.82, 2.24) is 9.97 Å². The first-order valence-electron chi connectivity index (χ1n) is 6.39. The number of halogens is 2. The number of aryl methyl sites for hydroxylation is 1. The predicted octanol–water partition coefficient (Wildman–Crippen LogP) is 3.79. The maximum Gasteiger partial charge on any atom is 0.237 e. The van der Waals surface area contributed by atoms with Gasteiger partial charge in [-0.25, -0.2) is 9.97 Å². The van der Waals surface area contributed by atoms with Crippen molar-refractivity contribution in [1.29, 1.82) is 0 Å². The van der Waals surface area contributed by atoms with Crippen molar-refractivity contribution >= 4 is 52.4 Å². The van der Waals surface area contributed by atoms with Crippen molar-refractivity contribution in [3.8, 4) is 0 Å². The number of nitrogen functional groups attached to an aromatic ring is 1. The van der Waals surface area contributed by atoms with Crippen molar-refractivity contribution < 1.29 is 4.79 Å². The van der Waals surface area contributed by atoms with Gasteiger partial charge in [0.25, 0.3) is 0 Å². The predicted molar refractivity (Wildman–Crippen MR) is 91.6 cm³/mol. The third kappa shape index (κ3) is 4.50. The minimum atomic E-state index is -0.409. The number of nitrogens with zero attached hydrogens (tertiary/aromatic N) is 2. The molecular formula is C14H14Cl2N4OS. The highest BCUT2D eigenvalue weighted by molar-refractivity contribution is 8.00. The van der Waals surface area contributed by atoms with E-state index in [1.165, 1.54) is 11.8 Å². The maximum atomic E-state index is 12.2. The molecule has 1 atom stereocenters. The molecule has 116 valence electrons. The van der Waals surface area contributed by atoms with E-state index in [0.29, 0.717) is 26.7 Å². The third-order valence-electron chi connectivity index (χ3n) is 2.69. The van der Waals surface area contributed by atoms with Gasteiger partial charge in [0.15, 0.2) is 5.16 Å². The molecule has 1 unspecified atom stereocenters. The number of carbonyl (C=O) groups excluding carboxylic acids is 1. The van der Waals surface area contributed by atoms with Crippen LogP contribution >= 0.6 is 35.0 Å². The molecule has 0 fully saturated rings. The minimum Gasteiger partial charge on any atom is -0.384 e. The minimum absolute atomic E-state index is 0.210. The van der Waals surface area contributed by atoms with Crippen LogP contribution in [0.15, 0.2) is 29.4 Å². The van der Waals surface area contributed by atoms with Crippen molar-refractivity contribution in [2.75, 3.05) is 11.1 Å². The zero-order valence-electron chi connectivity index (χ0n) is 11.9. The average Bonchev–Trinajstić information content (AvgIpc) is 2.40. The second kappa shape index (κ2) is 7.17. The van der Waals surface area contributed by atoms with Crippen LogP contribution < -0.4 is 11.1 Å². The Morgan fingerprint density at radius 1 is 1.32 bits per heavy atom. The molecule has 1 aromatic heterocycles. The fourth-order valence-corrected chi connectivity index (χ4v) is 2.95. The largest absolute Gasteiger partial charge is 0.384 e. The lowest BCUT2D eigenvalue weighted by atomic mass is 10.3. The Bertz CT molecular complexity index is 691. The number of nitrogens with two attached hydrogens (primary N) is 1. The monoisotopic (exact) mass is 356 g/mol. The molecule has 0 spiro atoms. The van der Waals surface area contributed by atoms with Crippen LogP contribution in [-0.2, 0) is 4.79 Å². The first-order chi connectivity index (χ1) is 10.3. The van der Waals surface area contributed by atoms with E-state index in [1.807, 2.05) is 6.92 Å². The Hall–Kier alpha value is -1.50. The standard InChI is InChI=1S/C14H14Cl2N4OS/c1-7-5-12(17)20-14(18-7)22-8(2)13(21)19-11-4-3-9(15)6-10(11)16/h3-6,8H,1-2H3,(H,19,21)(H2,17,18,20). The molecule has 5 nitrogen and oxygen atoms in total. The molecule has 0 radical (unpaired) electrons. The van der Waals surface area contributed by atoms with Crippen molar-refractivity contribution in [3.63, 3.8) is 0 Å². The summed E-state index contributed by atoms with van der Waals surface area (Å²) >= 11 is 13.1. The molecule has 0 aliphatic heterocycles. The second-order valence-electron chi connectivity index (χ2n) is 4.59. The quantitative estimate of drug-likeness (QED) is 0.643. The molecule has 1 amide bonds. The van der Waals surface area contributed by atoms with Crippen molar-refractivity contribution in [2.24, 2.45) is 0 Å². The van der Waals surface area contributed by atoms with Gasteiger partial charge in [0.1, 0.15) is 5.82 Å². The van der Waals surface area contributed by atoms with Crippen LogP contribution in [0.5, 0.6) is 0 Å². The van der Waals surface area contributed by atoms with Crippen LogP contribution in [-0.4, -0.2) is 21.1 Å². The van der Waals surface area contributed by atoms with Gasteiger partial charge in [-0.3, -0.25) is 4.79 Å². The first-order valence-corrected chi connectivity index (χ1v) is 8.02. The van der Waals surface area contributed by atoms with E-state index < -0.39 is 5.25 Å². The van der Waals surface area contributed by atoms with Crippen LogP contribution in [0.3, 0.4) is 0 Å². The summed E-state index contributed by atoms with van der Waals surface area (Å²) in [6.07, 6.45) is 0. The van der Waals surface area contributed by atoms with E-state index in [1.54, 1.807) is 31.2 Å². The summed E-state index contributed by atoms with van der Waals surface area (Å²) in [5, 5.41) is 3.69. The maximum absolute atomic E-state index is 12.2. The molecule has 1 heterocycles.